The Kier molecular flexibility index (Phi) is 7.44. The van der Waals surface area contributed by atoms with Gasteiger partial charge in [-0.3, -0.25) is 4.79 Å². The number of carbonyl (C=O) groups excluding carboxylic acids is 1. The Bertz CT molecular complexity index is 257. The van der Waals surface area contributed by atoms with E-state index in [1.807, 2.05) is 0 Å². The first kappa shape index (κ1) is 16.5. The second-order valence-corrected chi connectivity index (χ2v) is 6.33. The predicted octanol–water partition coefficient (Wildman–Crippen LogP) is 3.40. The molecule has 0 aromatic rings. The molecule has 1 saturated carbocycles. The number of hydrogen-bond acceptors (Lipinski definition) is 2. The minimum atomic E-state index is -0.326. The Morgan fingerprint density at radius 3 is 2.42 bits per heavy atom. The lowest BCUT2D eigenvalue weighted by atomic mass is 9.77. The van der Waals surface area contributed by atoms with Crippen molar-refractivity contribution in [1.82, 2.24) is 5.32 Å². The number of amides is 1. The predicted molar refractivity (Wildman–Crippen MR) is 79.0 cm³/mol. The third kappa shape index (κ3) is 5.94. The molecule has 2 N–H and O–H groups in total. The van der Waals surface area contributed by atoms with E-state index in [2.05, 4.69) is 19.2 Å². The minimum Gasteiger partial charge on any atom is -0.394 e. The van der Waals surface area contributed by atoms with Crippen LogP contribution in [0.2, 0.25) is 0 Å². The first-order valence-electron chi connectivity index (χ1n) is 8.04. The van der Waals surface area contributed by atoms with Crippen LogP contribution in [0.3, 0.4) is 0 Å². The maximum atomic E-state index is 12.0. The number of unbranched alkanes of at least 4 members (excludes halogenated alkanes) is 4. The topological polar surface area (TPSA) is 49.3 Å². The normalized spacial score (nSPS) is 27.2. The largest absolute Gasteiger partial charge is 0.394 e. The maximum Gasteiger partial charge on any atom is 0.220 e. The number of aliphatic hydroxyl groups excluding tert-OH is 1. The van der Waals surface area contributed by atoms with Gasteiger partial charge in [-0.15, -0.1) is 0 Å². The van der Waals surface area contributed by atoms with E-state index in [9.17, 15) is 9.90 Å². The summed E-state index contributed by atoms with van der Waals surface area (Å²) in [5.74, 6) is 0.853. The van der Waals surface area contributed by atoms with Crippen LogP contribution in [-0.2, 0) is 4.79 Å². The molecule has 0 bridgehead atoms. The van der Waals surface area contributed by atoms with Gasteiger partial charge in [0.1, 0.15) is 0 Å². The summed E-state index contributed by atoms with van der Waals surface area (Å²) in [6, 6.07) is 0. The molecule has 1 amide bonds. The van der Waals surface area contributed by atoms with E-state index in [4.69, 9.17) is 0 Å². The number of aliphatic hydroxyl groups is 1. The summed E-state index contributed by atoms with van der Waals surface area (Å²) in [7, 11) is 0. The molecular weight excluding hydrogens is 238 g/mol. The fourth-order valence-electron chi connectivity index (χ4n) is 2.88. The van der Waals surface area contributed by atoms with E-state index in [1.54, 1.807) is 0 Å². The van der Waals surface area contributed by atoms with Crippen LogP contribution in [0.1, 0.15) is 78.1 Å². The molecule has 0 saturated heterocycles. The second kappa shape index (κ2) is 8.57. The van der Waals surface area contributed by atoms with Crippen molar-refractivity contribution in [3.63, 3.8) is 0 Å². The van der Waals surface area contributed by atoms with Gasteiger partial charge in [-0.05, 0) is 38.0 Å². The van der Waals surface area contributed by atoms with Gasteiger partial charge in [0.15, 0.2) is 0 Å². The summed E-state index contributed by atoms with van der Waals surface area (Å²) in [6.45, 7) is 4.53. The lowest BCUT2D eigenvalue weighted by molar-refractivity contribution is -0.124. The molecule has 112 valence electrons. The van der Waals surface area contributed by atoms with Gasteiger partial charge in [0.05, 0.1) is 12.1 Å². The second-order valence-electron chi connectivity index (χ2n) is 6.33. The van der Waals surface area contributed by atoms with Crippen LogP contribution < -0.4 is 5.32 Å². The Morgan fingerprint density at radius 2 is 1.84 bits per heavy atom. The molecule has 0 aromatic heterocycles. The molecule has 3 heteroatoms. The quantitative estimate of drug-likeness (QED) is 0.663. The molecule has 0 aliphatic heterocycles. The molecule has 3 nitrogen and oxygen atoms in total. The van der Waals surface area contributed by atoms with Crippen molar-refractivity contribution >= 4 is 5.91 Å². The first-order valence-corrected chi connectivity index (χ1v) is 8.04. The van der Waals surface area contributed by atoms with E-state index in [1.165, 1.54) is 19.3 Å². The van der Waals surface area contributed by atoms with E-state index in [0.29, 0.717) is 6.42 Å². The number of hydrogen-bond donors (Lipinski definition) is 2. The molecule has 0 spiro atoms. The van der Waals surface area contributed by atoms with Crippen molar-refractivity contribution in [2.75, 3.05) is 6.61 Å². The third-order valence-electron chi connectivity index (χ3n) is 4.45. The number of carbonyl (C=O) groups is 1. The molecule has 0 radical (unpaired) electrons. The molecule has 1 fully saturated rings. The zero-order valence-electron chi connectivity index (χ0n) is 12.7. The zero-order chi connectivity index (χ0) is 14.1. The molecule has 0 atom stereocenters. The van der Waals surface area contributed by atoms with Crippen LogP contribution in [0, 0.1) is 5.92 Å². The van der Waals surface area contributed by atoms with Gasteiger partial charge in [0.25, 0.3) is 0 Å². The number of nitrogens with one attached hydrogen (secondary N) is 1. The molecule has 0 unspecified atom stereocenters. The van der Waals surface area contributed by atoms with Crippen LogP contribution in [0.4, 0.5) is 0 Å². The highest BCUT2D eigenvalue weighted by Gasteiger charge is 2.34. The van der Waals surface area contributed by atoms with Gasteiger partial charge in [-0.2, -0.15) is 0 Å². The third-order valence-corrected chi connectivity index (χ3v) is 4.45. The summed E-state index contributed by atoms with van der Waals surface area (Å²) in [6.07, 6.45) is 10.5. The van der Waals surface area contributed by atoms with Crippen LogP contribution >= 0.6 is 0 Å². The monoisotopic (exact) mass is 269 g/mol. The van der Waals surface area contributed by atoms with Crippen molar-refractivity contribution in [3.8, 4) is 0 Å². The van der Waals surface area contributed by atoms with E-state index in [0.717, 1.165) is 44.4 Å². The molecular formula is C16H31NO2. The highest BCUT2D eigenvalue weighted by atomic mass is 16.3. The van der Waals surface area contributed by atoms with E-state index in [-0.39, 0.29) is 18.1 Å². The van der Waals surface area contributed by atoms with E-state index >= 15 is 0 Å². The fraction of sp³-hybridized carbons (Fsp3) is 0.938. The maximum absolute atomic E-state index is 12.0. The van der Waals surface area contributed by atoms with E-state index < -0.39 is 0 Å². The fourth-order valence-corrected chi connectivity index (χ4v) is 2.88. The highest BCUT2D eigenvalue weighted by Crippen LogP contribution is 2.31. The molecule has 1 rings (SSSR count). The summed E-state index contributed by atoms with van der Waals surface area (Å²) in [5.41, 5.74) is -0.326. The molecule has 1 aliphatic carbocycles. The Balaban J connectivity index is 2.25. The van der Waals surface area contributed by atoms with Crippen LogP contribution in [0.25, 0.3) is 0 Å². The summed E-state index contributed by atoms with van der Waals surface area (Å²) in [5, 5.41) is 12.7. The van der Waals surface area contributed by atoms with Crippen molar-refractivity contribution in [2.24, 2.45) is 5.92 Å². The smallest absolute Gasteiger partial charge is 0.220 e. The van der Waals surface area contributed by atoms with Crippen molar-refractivity contribution in [3.05, 3.63) is 0 Å². The van der Waals surface area contributed by atoms with Gasteiger partial charge in [0.2, 0.25) is 5.91 Å². The van der Waals surface area contributed by atoms with Crippen LogP contribution in [0.15, 0.2) is 0 Å². The molecule has 1 aliphatic rings. The van der Waals surface area contributed by atoms with Crippen molar-refractivity contribution in [2.45, 2.75) is 83.6 Å². The van der Waals surface area contributed by atoms with Gasteiger partial charge in [0, 0.05) is 6.42 Å². The average Bonchev–Trinajstić information content (AvgIpc) is 2.41. The Hall–Kier alpha value is -0.570. The lowest BCUT2D eigenvalue weighted by Crippen LogP contribution is -2.53. The standard InChI is InChI=1S/C16H31NO2/c1-3-4-5-6-7-8-15(19)17-16(13-18)11-9-14(2)10-12-16/h14,18H,3-13H2,1-2H3,(H,17,19). The van der Waals surface area contributed by atoms with Crippen molar-refractivity contribution in [1.29, 1.82) is 0 Å². The Morgan fingerprint density at radius 1 is 1.21 bits per heavy atom. The van der Waals surface area contributed by atoms with Gasteiger partial charge < -0.3 is 10.4 Å². The highest BCUT2D eigenvalue weighted by molar-refractivity contribution is 5.76. The lowest BCUT2D eigenvalue weighted by Gasteiger charge is -2.38. The minimum absolute atomic E-state index is 0.0846. The Labute approximate surface area is 118 Å². The summed E-state index contributed by atoms with van der Waals surface area (Å²) in [4.78, 5) is 12.0. The van der Waals surface area contributed by atoms with Gasteiger partial charge >= 0.3 is 0 Å². The van der Waals surface area contributed by atoms with Crippen LogP contribution in [-0.4, -0.2) is 23.2 Å². The zero-order valence-corrected chi connectivity index (χ0v) is 12.7. The van der Waals surface area contributed by atoms with Gasteiger partial charge in [-0.1, -0.05) is 39.5 Å². The number of rotatable bonds is 8. The summed E-state index contributed by atoms with van der Waals surface area (Å²) >= 11 is 0. The first-order chi connectivity index (χ1) is 9.12. The average molecular weight is 269 g/mol. The van der Waals surface area contributed by atoms with Crippen LogP contribution in [0.5, 0.6) is 0 Å². The molecule has 0 aromatic carbocycles. The molecule has 0 heterocycles. The SMILES string of the molecule is CCCCCCCC(=O)NC1(CO)CCC(C)CC1. The molecule has 19 heavy (non-hydrogen) atoms. The van der Waals surface area contributed by atoms with Gasteiger partial charge in [-0.25, -0.2) is 0 Å². The summed E-state index contributed by atoms with van der Waals surface area (Å²) < 4.78 is 0. The van der Waals surface area contributed by atoms with Crippen molar-refractivity contribution < 1.29 is 9.90 Å².